The van der Waals surface area contributed by atoms with Crippen LogP contribution in [-0.4, -0.2) is 75.4 Å². The molecule has 0 radical (unpaired) electrons. The molecule has 2 heterocycles. The Kier molecular flexibility index (Phi) is 4.73. The first-order chi connectivity index (χ1) is 11.1. The lowest BCUT2D eigenvalue weighted by Gasteiger charge is -2.46. The molecule has 6 nitrogen and oxygen atoms in total. The van der Waals surface area contributed by atoms with Crippen molar-refractivity contribution in [3.63, 3.8) is 0 Å². The normalized spacial score (nSPS) is 24.9. The number of rotatable bonds is 3. The fraction of sp³-hybridized carbons (Fsp3) is 0.588. The molecule has 2 aliphatic heterocycles. The van der Waals surface area contributed by atoms with Crippen LogP contribution in [0.1, 0.15) is 16.8 Å². The lowest BCUT2D eigenvalue weighted by atomic mass is 9.98. The molecule has 1 aromatic rings. The zero-order valence-corrected chi connectivity index (χ0v) is 13.9. The number of fused-ring (bicyclic) bond motifs is 1. The summed E-state index contributed by atoms with van der Waals surface area (Å²) in [5.41, 5.74) is 0.622. The summed E-state index contributed by atoms with van der Waals surface area (Å²) in [6, 6.07) is 5.43. The molecule has 6 heteroatoms. The van der Waals surface area contributed by atoms with Crippen molar-refractivity contribution >= 4 is 5.91 Å². The summed E-state index contributed by atoms with van der Waals surface area (Å²) in [5, 5.41) is 0. The molecule has 23 heavy (non-hydrogen) atoms. The molecular formula is C17H24N2O4. The number of likely N-dealkylation sites (tertiary alicyclic amines) is 1. The molecule has 0 spiro atoms. The molecule has 0 aromatic heterocycles. The number of hydrogen-bond donors (Lipinski definition) is 0. The van der Waals surface area contributed by atoms with Crippen LogP contribution in [0.2, 0.25) is 0 Å². The van der Waals surface area contributed by atoms with Gasteiger partial charge in [0.25, 0.3) is 5.91 Å². The SMILES string of the molecule is COc1ccc(C(=O)N2CCO[C@@H]3CCN(C)C[C@@H]32)cc1OC. The largest absolute Gasteiger partial charge is 0.493 e. The quantitative estimate of drug-likeness (QED) is 0.839. The molecule has 1 amide bonds. The minimum atomic E-state index is 0.0274. The van der Waals surface area contributed by atoms with E-state index in [4.69, 9.17) is 14.2 Å². The fourth-order valence-corrected chi connectivity index (χ4v) is 3.42. The van der Waals surface area contributed by atoms with E-state index in [1.54, 1.807) is 32.4 Å². The highest BCUT2D eigenvalue weighted by Gasteiger charge is 2.38. The third kappa shape index (κ3) is 3.14. The first kappa shape index (κ1) is 16.1. The highest BCUT2D eigenvalue weighted by Crippen LogP contribution is 2.30. The van der Waals surface area contributed by atoms with Gasteiger partial charge in [0.15, 0.2) is 11.5 Å². The van der Waals surface area contributed by atoms with Gasteiger partial charge in [0, 0.05) is 25.2 Å². The number of hydrogen-bond acceptors (Lipinski definition) is 5. The van der Waals surface area contributed by atoms with E-state index in [1.807, 2.05) is 4.90 Å². The Bertz CT molecular complexity index is 578. The number of carbonyl (C=O) groups is 1. The summed E-state index contributed by atoms with van der Waals surface area (Å²) in [6.07, 6.45) is 1.11. The Morgan fingerprint density at radius 2 is 2.00 bits per heavy atom. The van der Waals surface area contributed by atoms with Gasteiger partial charge in [0.05, 0.1) is 33.0 Å². The average molecular weight is 320 g/mol. The second-order valence-electron chi connectivity index (χ2n) is 6.10. The maximum atomic E-state index is 13.0. The van der Waals surface area contributed by atoms with Crippen LogP contribution in [0.3, 0.4) is 0 Å². The number of likely N-dealkylation sites (N-methyl/N-ethyl adjacent to an activating group) is 1. The second kappa shape index (κ2) is 6.76. The number of morpholine rings is 1. The highest BCUT2D eigenvalue weighted by atomic mass is 16.5. The van der Waals surface area contributed by atoms with Crippen LogP contribution in [0.5, 0.6) is 11.5 Å². The van der Waals surface area contributed by atoms with Crippen molar-refractivity contribution in [1.29, 1.82) is 0 Å². The zero-order valence-electron chi connectivity index (χ0n) is 13.9. The van der Waals surface area contributed by atoms with E-state index >= 15 is 0 Å². The summed E-state index contributed by atoms with van der Waals surface area (Å²) >= 11 is 0. The summed E-state index contributed by atoms with van der Waals surface area (Å²) in [4.78, 5) is 17.2. The van der Waals surface area contributed by atoms with Crippen LogP contribution in [0.25, 0.3) is 0 Å². The lowest BCUT2D eigenvalue weighted by Crippen LogP contribution is -2.60. The first-order valence-electron chi connectivity index (χ1n) is 7.97. The highest BCUT2D eigenvalue weighted by molar-refractivity contribution is 5.95. The molecule has 2 saturated heterocycles. The van der Waals surface area contributed by atoms with Gasteiger partial charge in [-0.15, -0.1) is 0 Å². The molecule has 126 valence electrons. The Morgan fingerprint density at radius 1 is 1.22 bits per heavy atom. The summed E-state index contributed by atoms with van der Waals surface area (Å²) < 4.78 is 16.4. The van der Waals surface area contributed by atoms with Gasteiger partial charge in [-0.05, 0) is 31.7 Å². The van der Waals surface area contributed by atoms with E-state index < -0.39 is 0 Å². The Labute approximate surface area is 136 Å². The van der Waals surface area contributed by atoms with Crippen LogP contribution in [0.4, 0.5) is 0 Å². The Morgan fingerprint density at radius 3 is 2.74 bits per heavy atom. The third-order valence-electron chi connectivity index (χ3n) is 4.68. The molecule has 0 unspecified atom stereocenters. The predicted octanol–water partition coefficient (Wildman–Crippen LogP) is 1.25. The number of methoxy groups -OCH3 is 2. The van der Waals surface area contributed by atoms with E-state index in [1.165, 1.54) is 0 Å². The van der Waals surface area contributed by atoms with Gasteiger partial charge in [-0.3, -0.25) is 4.79 Å². The van der Waals surface area contributed by atoms with Gasteiger partial charge in [-0.1, -0.05) is 0 Å². The first-order valence-corrected chi connectivity index (χ1v) is 7.97. The van der Waals surface area contributed by atoms with Crippen molar-refractivity contribution in [2.24, 2.45) is 0 Å². The van der Waals surface area contributed by atoms with Crippen molar-refractivity contribution < 1.29 is 19.0 Å². The van der Waals surface area contributed by atoms with E-state index in [0.717, 1.165) is 19.5 Å². The smallest absolute Gasteiger partial charge is 0.254 e. The van der Waals surface area contributed by atoms with Crippen LogP contribution < -0.4 is 9.47 Å². The second-order valence-corrected chi connectivity index (χ2v) is 6.10. The Balaban J connectivity index is 1.83. The third-order valence-corrected chi connectivity index (χ3v) is 4.68. The molecule has 0 bridgehead atoms. The van der Waals surface area contributed by atoms with Crippen molar-refractivity contribution in [2.75, 3.05) is 47.5 Å². The van der Waals surface area contributed by atoms with Crippen molar-refractivity contribution in [3.8, 4) is 11.5 Å². The minimum absolute atomic E-state index is 0.0274. The summed E-state index contributed by atoms with van der Waals surface area (Å²) in [7, 11) is 5.25. The van der Waals surface area contributed by atoms with Crippen LogP contribution in [-0.2, 0) is 4.74 Å². The van der Waals surface area contributed by atoms with Crippen LogP contribution >= 0.6 is 0 Å². The van der Waals surface area contributed by atoms with Crippen LogP contribution in [0, 0.1) is 0 Å². The number of carbonyl (C=O) groups excluding carboxylic acids is 1. The van der Waals surface area contributed by atoms with Crippen molar-refractivity contribution in [1.82, 2.24) is 9.80 Å². The fourth-order valence-electron chi connectivity index (χ4n) is 3.42. The van der Waals surface area contributed by atoms with Gasteiger partial charge in [-0.25, -0.2) is 0 Å². The van der Waals surface area contributed by atoms with E-state index in [0.29, 0.717) is 30.2 Å². The van der Waals surface area contributed by atoms with Gasteiger partial charge in [0.1, 0.15) is 0 Å². The number of nitrogens with zero attached hydrogens (tertiary/aromatic N) is 2. The van der Waals surface area contributed by atoms with E-state index in [-0.39, 0.29) is 18.1 Å². The zero-order chi connectivity index (χ0) is 16.4. The monoisotopic (exact) mass is 320 g/mol. The maximum Gasteiger partial charge on any atom is 0.254 e. The molecular weight excluding hydrogens is 296 g/mol. The maximum absolute atomic E-state index is 13.0. The average Bonchev–Trinajstić information content (AvgIpc) is 2.59. The number of ether oxygens (including phenoxy) is 3. The molecule has 0 N–H and O–H groups in total. The Hall–Kier alpha value is -1.79. The van der Waals surface area contributed by atoms with Crippen molar-refractivity contribution in [2.45, 2.75) is 18.6 Å². The molecule has 1 aromatic carbocycles. The molecule has 3 rings (SSSR count). The van der Waals surface area contributed by atoms with E-state index in [9.17, 15) is 4.79 Å². The molecule has 0 saturated carbocycles. The number of benzene rings is 1. The van der Waals surface area contributed by atoms with Gasteiger partial charge >= 0.3 is 0 Å². The number of amides is 1. The van der Waals surface area contributed by atoms with Crippen LogP contribution in [0.15, 0.2) is 18.2 Å². The lowest BCUT2D eigenvalue weighted by molar-refractivity contribution is -0.0869. The van der Waals surface area contributed by atoms with Gasteiger partial charge in [0.2, 0.25) is 0 Å². The molecule has 2 fully saturated rings. The van der Waals surface area contributed by atoms with Crippen molar-refractivity contribution in [3.05, 3.63) is 23.8 Å². The minimum Gasteiger partial charge on any atom is -0.493 e. The summed E-state index contributed by atoms with van der Waals surface area (Å²) in [5.74, 6) is 1.23. The summed E-state index contributed by atoms with van der Waals surface area (Å²) in [6.45, 7) is 3.09. The number of piperidine rings is 1. The molecule has 2 atom stereocenters. The topological polar surface area (TPSA) is 51.2 Å². The molecule has 0 aliphatic carbocycles. The van der Waals surface area contributed by atoms with E-state index in [2.05, 4.69) is 11.9 Å². The standard InChI is InChI=1S/C17H24N2O4/c1-18-7-6-14-13(11-18)19(8-9-23-14)17(20)12-4-5-15(21-2)16(10-12)22-3/h4-5,10,13-14H,6-9,11H2,1-3H3/t13-,14+/m0/s1. The molecule has 2 aliphatic rings. The van der Waals surface area contributed by atoms with Gasteiger partial charge < -0.3 is 24.0 Å². The predicted molar refractivity (Wildman–Crippen MR) is 86.2 cm³/mol. The van der Waals surface area contributed by atoms with Gasteiger partial charge in [-0.2, -0.15) is 0 Å².